The Morgan fingerprint density at radius 1 is 0.279 bits per heavy atom. The number of hydrogen-bond acceptors (Lipinski definition) is 1. The normalized spacial score (nSPS) is 11.7. The fourth-order valence-corrected chi connectivity index (χ4v) is 7.10. The van der Waals surface area contributed by atoms with Gasteiger partial charge in [0.05, 0.1) is 0 Å². The smallest absolute Gasteiger partial charge is 0.136 e. The number of fused-ring (bicyclic) bond motifs is 6. The molecule has 0 N–H and O–H groups in total. The van der Waals surface area contributed by atoms with E-state index in [2.05, 4.69) is 152 Å². The Kier molecular flexibility index (Phi) is 5.27. The highest BCUT2D eigenvalue weighted by Gasteiger charge is 2.19. The first-order chi connectivity index (χ1) is 21.4. The van der Waals surface area contributed by atoms with Gasteiger partial charge in [-0.15, -0.1) is 0 Å². The molecule has 0 aliphatic rings. The lowest BCUT2D eigenvalue weighted by atomic mass is 9.84. The molecule has 0 radical (unpaired) electrons. The van der Waals surface area contributed by atoms with Crippen LogP contribution in [-0.4, -0.2) is 0 Å². The minimum Gasteiger partial charge on any atom is -0.456 e. The van der Waals surface area contributed by atoms with E-state index < -0.39 is 0 Å². The van der Waals surface area contributed by atoms with Crippen LogP contribution < -0.4 is 0 Å². The lowest BCUT2D eigenvalue weighted by molar-refractivity contribution is 0.669. The zero-order chi connectivity index (χ0) is 28.3. The predicted molar refractivity (Wildman–Crippen MR) is 183 cm³/mol. The highest BCUT2D eigenvalue weighted by molar-refractivity contribution is 6.24. The van der Waals surface area contributed by atoms with Crippen LogP contribution in [0, 0.1) is 0 Å². The molecule has 9 rings (SSSR count). The average Bonchev–Trinajstić information content (AvgIpc) is 3.46. The summed E-state index contributed by atoms with van der Waals surface area (Å²) in [4.78, 5) is 0. The van der Waals surface area contributed by atoms with Crippen molar-refractivity contribution in [3.05, 3.63) is 158 Å². The quantitative estimate of drug-likeness (QED) is 0.201. The van der Waals surface area contributed by atoms with E-state index in [0.717, 1.165) is 16.6 Å². The molecule has 0 atom stereocenters. The second kappa shape index (κ2) is 9.44. The van der Waals surface area contributed by atoms with Crippen molar-refractivity contribution in [3.8, 4) is 33.4 Å². The van der Waals surface area contributed by atoms with Crippen molar-refractivity contribution in [3.63, 3.8) is 0 Å². The van der Waals surface area contributed by atoms with Gasteiger partial charge in [-0.1, -0.05) is 146 Å². The largest absolute Gasteiger partial charge is 0.456 e. The number of rotatable bonds is 3. The molecule has 1 heterocycles. The summed E-state index contributed by atoms with van der Waals surface area (Å²) in [5.41, 5.74) is 9.29. The van der Waals surface area contributed by atoms with Gasteiger partial charge in [0.15, 0.2) is 0 Å². The SMILES string of the molecule is c1ccc(-c2c3ccccc3c(-c3cccc4c(-c5cccc6oc7ccccc7c56)cccc34)c3ccccc23)cc1. The third-order valence-electron chi connectivity index (χ3n) is 8.88. The molecule has 0 aliphatic carbocycles. The second-order valence-corrected chi connectivity index (χ2v) is 11.2. The van der Waals surface area contributed by atoms with E-state index in [9.17, 15) is 0 Å². The Hall–Kier alpha value is -5.66. The molecule has 1 aromatic heterocycles. The van der Waals surface area contributed by atoms with Crippen LogP contribution in [-0.2, 0) is 0 Å². The van der Waals surface area contributed by atoms with Crippen molar-refractivity contribution in [2.75, 3.05) is 0 Å². The standard InChI is InChI=1S/C42H26O/c1-2-13-27(14-3-1)40-33-15-4-6-17-35(33)41(36-18-7-5-16-34(36)40)31-23-11-20-28-29(31)21-10-22-30(28)32-24-12-26-39-42(32)37-19-8-9-25-38(37)43-39/h1-26H. The summed E-state index contributed by atoms with van der Waals surface area (Å²) in [7, 11) is 0. The molecule has 8 aromatic carbocycles. The van der Waals surface area contributed by atoms with Gasteiger partial charge < -0.3 is 4.42 Å². The molecule has 0 fully saturated rings. The Morgan fingerprint density at radius 2 is 0.744 bits per heavy atom. The van der Waals surface area contributed by atoms with E-state index in [-0.39, 0.29) is 0 Å². The minimum absolute atomic E-state index is 0.917. The first-order valence-electron chi connectivity index (χ1n) is 14.8. The van der Waals surface area contributed by atoms with Gasteiger partial charge in [-0.2, -0.15) is 0 Å². The molecule has 0 amide bonds. The highest BCUT2D eigenvalue weighted by atomic mass is 16.3. The van der Waals surface area contributed by atoms with Crippen molar-refractivity contribution >= 4 is 54.3 Å². The molecule has 1 heteroatoms. The molecule has 0 saturated heterocycles. The van der Waals surface area contributed by atoms with Crippen LogP contribution in [0.25, 0.3) is 87.6 Å². The van der Waals surface area contributed by atoms with Crippen LogP contribution in [0.4, 0.5) is 0 Å². The molecular weight excluding hydrogens is 520 g/mol. The zero-order valence-corrected chi connectivity index (χ0v) is 23.4. The number of hydrogen-bond donors (Lipinski definition) is 0. The first kappa shape index (κ1) is 24.0. The molecule has 43 heavy (non-hydrogen) atoms. The maximum Gasteiger partial charge on any atom is 0.136 e. The van der Waals surface area contributed by atoms with E-state index in [1.165, 1.54) is 71.1 Å². The first-order valence-corrected chi connectivity index (χ1v) is 14.8. The maximum absolute atomic E-state index is 6.26. The summed E-state index contributed by atoms with van der Waals surface area (Å²) in [6, 6.07) is 56.8. The van der Waals surface area contributed by atoms with E-state index in [1.807, 2.05) is 6.07 Å². The Morgan fingerprint density at radius 3 is 1.44 bits per heavy atom. The van der Waals surface area contributed by atoms with Crippen LogP contribution >= 0.6 is 0 Å². The molecule has 200 valence electrons. The Labute approximate surface area is 249 Å². The fourth-order valence-electron chi connectivity index (χ4n) is 7.10. The summed E-state index contributed by atoms with van der Waals surface area (Å²) < 4.78 is 6.26. The second-order valence-electron chi connectivity index (χ2n) is 11.2. The molecule has 9 aromatic rings. The van der Waals surface area contributed by atoms with Gasteiger partial charge in [-0.3, -0.25) is 0 Å². The van der Waals surface area contributed by atoms with Crippen LogP contribution in [0.2, 0.25) is 0 Å². The number of benzene rings is 8. The van der Waals surface area contributed by atoms with Crippen molar-refractivity contribution in [2.45, 2.75) is 0 Å². The van der Waals surface area contributed by atoms with Gasteiger partial charge in [-0.25, -0.2) is 0 Å². The fraction of sp³-hybridized carbons (Fsp3) is 0. The van der Waals surface area contributed by atoms with Gasteiger partial charge >= 0.3 is 0 Å². The van der Waals surface area contributed by atoms with Gasteiger partial charge in [0.2, 0.25) is 0 Å². The van der Waals surface area contributed by atoms with Gasteiger partial charge in [-0.05, 0) is 77.8 Å². The van der Waals surface area contributed by atoms with Crippen LogP contribution in [0.5, 0.6) is 0 Å². The van der Waals surface area contributed by atoms with Crippen LogP contribution in [0.1, 0.15) is 0 Å². The number of furan rings is 1. The van der Waals surface area contributed by atoms with Gasteiger partial charge in [0, 0.05) is 10.8 Å². The third kappa shape index (κ3) is 3.58. The summed E-state index contributed by atoms with van der Waals surface area (Å²) >= 11 is 0. The summed E-state index contributed by atoms with van der Waals surface area (Å²) in [6.45, 7) is 0. The Bertz CT molecular complexity index is 2440. The van der Waals surface area contributed by atoms with Gasteiger partial charge in [0.25, 0.3) is 0 Å². The number of para-hydroxylation sites is 1. The summed E-state index contributed by atoms with van der Waals surface area (Å²) in [5.74, 6) is 0. The topological polar surface area (TPSA) is 13.1 Å². The van der Waals surface area contributed by atoms with E-state index in [4.69, 9.17) is 4.42 Å². The van der Waals surface area contributed by atoms with Crippen molar-refractivity contribution in [1.82, 2.24) is 0 Å². The van der Waals surface area contributed by atoms with Crippen molar-refractivity contribution in [2.24, 2.45) is 0 Å². The maximum atomic E-state index is 6.26. The van der Waals surface area contributed by atoms with E-state index in [1.54, 1.807) is 0 Å². The third-order valence-corrected chi connectivity index (χ3v) is 8.88. The van der Waals surface area contributed by atoms with Crippen LogP contribution in [0.15, 0.2) is 162 Å². The zero-order valence-electron chi connectivity index (χ0n) is 23.4. The molecule has 0 saturated carbocycles. The van der Waals surface area contributed by atoms with Crippen molar-refractivity contribution < 1.29 is 4.42 Å². The lowest BCUT2D eigenvalue weighted by Gasteiger charge is -2.19. The minimum atomic E-state index is 0.917. The van der Waals surface area contributed by atoms with Crippen molar-refractivity contribution in [1.29, 1.82) is 0 Å². The molecule has 0 aliphatic heterocycles. The molecule has 1 nitrogen and oxygen atoms in total. The lowest BCUT2D eigenvalue weighted by Crippen LogP contribution is -1.92. The van der Waals surface area contributed by atoms with E-state index >= 15 is 0 Å². The highest BCUT2D eigenvalue weighted by Crippen LogP contribution is 2.46. The monoisotopic (exact) mass is 546 g/mol. The van der Waals surface area contributed by atoms with Gasteiger partial charge in [0.1, 0.15) is 11.2 Å². The van der Waals surface area contributed by atoms with Crippen LogP contribution in [0.3, 0.4) is 0 Å². The summed E-state index contributed by atoms with van der Waals surface area (Å²) in [5, 5.41) is 9.86. The summed E-state index contributed by atoms with van der Waals surface area (Å²) in [6.07, 6.45) is 0. The molecule has 0 bridgehead atoms. The molecule has 0 spiro atoms. The predicted octanol–water partition coefficient (Wildman–Crippen LogP) is 12.0. The van der Waals surface area contributed by atoms with E-state index in [0.29, 0.717) is 0 Å². The Balaban J connectivity index is 1.38. The molecule has 0 unspecified atom stereocenters. The molecular formula is C42H26O. The average molecular weight is 547 g/mol.